The highest BCUT2D eigenvalue weighted by Crippen LogP contribution is 2.61. The van der Waals surface area contributed by atoms with Crippen LogP contribution in [0.5, 0.6) is 0 Å². The van der Waals surface area contributed by atoms with Gasteiger partial charge in [-0.2, -0.15) is 0 Å². The first-order chi connectivity index (χ1) is 9.24. The number of rotatable bonds is 4. The predicted molar refractivity (Wildman–Crippen MR) is 85.6 cm³/mol. The molecular weight excluding hydrogens is 244 g/mol. The van der Waals surface area contributed by atoms with E-state index in [1.54, 1.807) is 0 Å². The molecule has 0 aromatic heterocycles. The van der Waals surface area contributed by atoms with E-state index in [0.29, 0.717) is 22.5 Å². The molecule has 1 heteroatoms. The normalized spacial score (nSPS) is 41.5. The lowest BCUT2D eigenvalue weighted by Gasteiger charge is -2.52. The summed E-state index contributed by atoms with van der Waals surface area (Å²) in [6, 6.07) is 0. The van der Waals surface area contributed by atoms with E-state index >= 15 is 0 Å². The number of carbonyl (C=O) groups is 1. The van der Waals surface area contributed by atoms with Crippen LogP contribution >= 0.6 is 0 Å². The molecule has 0 saturated heterocycles. The van der Waals surface area contributed by atoms with Gasteiger partial charge in [-0.1, -0.05) is 41.0 Å². The van der Waals surface area contributed by atoms with Gasteiger partial charge in [0, 0.05) is 5.92 Å². The Kier molecular flexibility index (Phi) is 4.38. The van der Waals surface area contributed by atoms with Crippen molar-refractivity contribution in [2.75, 3.05) is 0 Å². The molecule has 3 unspecified atom stereocenters. The summed E-state index contributed by atoms with van der Waals surface area (Å²) in [6.07, 6.45) is 7.63. The van der Waals surface area contributed by atoms with E-state index in [1.165, 1.54) is 32.1 Å². The lowest BCUT2D eigenvalue weighted by Crippen LogP contribution is -2.45. The summed E-state index contributed by atoms with van der Waals surface area (Å²) in [4.78, 5) is 12.0. The van der Waals surface area contributed by atoms with E-state index in [-0.39, 0.29) is 0 Å². The fraction of sp³-hybridized carbons (Fsp3) is 0.947. The van der Waals surface area contributed by atoms with Crippen LogP contribution in [0.25, 0.3) is 0 Å². The zero-order valence-electron chi connectivity index (χ0n) is 14.5. The average molecular weight is 278 g/mol. The van der Waals surface area contributed by atoms with E-state index in [4.69, 9.17) is 0 Å². The van der Waals surface area contributed by atoms with Crippen LogP contribution in [0, 0.1) is 34.5 Å². The third-order valence-corrected chi connectivity index (χ3v) is 7.06. The molecule has 2 aliphatic rings. The molecule has 20 heavy (non-hydrogen) atoms. The number of Topliss-reactive ketones (excluding diaryl/α,β-unsaturated/α-hetero) is 1. The second-order valence-corrected chi connectivity index (χ2v) is 8.60. The summed E-state index contributed by atoms with van der Waals surface area (Å²) in [7, 11) is 0. The Morgan fingerprint density at radius 1 is 1.25 bits per heavy atom. The largest absolute Gasteiger partial charge is 0.300 e. The Balaban J connectivity index is 2.20. The van der Waals surface area contributed by atoms with Gasteiger partial charge in [-0.15, -0.1) is 0 Å². The van der Waals surface area contributed by atoms with Crippen molar-refractivity contribution in [3.63, 3.8) is 0 Å². The topological polar surface area (TPSA) is 17.1 Å². The second-order valence-electron chi connectivity index (χ2n) is 8.60. The Labute approximate surface area is 125 Å². The number of hydrogen-bond acceptors (Lipinski definition) is 1. The van der Waals surface area contributed by atoms with Crippen molar-refractivity contribution in [1.82, 2.24) is 0 Å². The minimum Gasteiger partial charge on any atom is -0.300 e. The van der Waals surface area contributed by atoms with E-state index in [1.807, 2.05) is 6.92 Å². The number of carbonyl (C=O) groups excluding carboxylic acids is 1. The minimum atomic E-state index is 0.296. The number of hydrogen-bond donors (Lipinski definition) is 0. The van der Waals surface area contributed by atoms with Gasteiger partial charge in [0.15, 0.2) is 0 Å². The van der Waals surface area contributed by atoms with Crippen molar-refractivity contribution >= 4 is 5.78 Å². The van der Waals surface area contributed by atoms with Gasteiger partial charge in [0.05, 0.1) is 0 Å². The summed E-state index contributed by atoms with van der Waals surface area (Å²) in [6.45, 7) is 14.0. The molecule has 2 fully saturated rings. The lowest BCUT2D eigenvalue weighted by molar-refractivity contribution is -0.126. The number of ketones is 1. The zero-order chi connectivity index (χ0) is 15.1. The third kappa shape index (κ3) is 2.46. The first-order valence-electron chi connectivity index (χ1n) is 8.74. The fourth-order valence-electron chi connectivity index (χ4n) is 6.10. The van der Waals surface area contributed by atoms with E-state index < -0.39 is 0 Å². The molecule has 0 aliphatic heterocycles. The Bertz CT molecular complexity index is 370. The molecule has 1 nitrogen and oxygen atoms in total. The van der Waals surface area contributed by atoms with Crippen molar-refractivity contribution in [3.8, 4) is 0 Å². The smallest absolute Gasteiger partial charge is 0.133 e. The molecule has 2 aliphatic carbocycles. The molecule has 0 spiro atoms. The van der Waals surface area contributed by atoms with Crippen molar-refractivity contribution in [2.24, 2.45) is 34.5 Å². The van der Waals surface area contributed by atoms with Crippen LogP contribution in [0.1, 0.15) is 80.1 Å². The van der Waals surface area contributed by atoms with Crippen LogP contribution in [-0.2, 0) is 4.79 Å². The maximum Gasteiger partial charge on any atom is 0.133 e. The SMILES string of the molecule is CCCC(C)(C)C1CC[C@@]2(C)C(CC[C@@H]2C(C)=O)C1C. The van der Waals surface area contributed by atoms with Gasteiger partial charge in [-0.3, -0.25) is 4.79 Å². The Morgan fingerprint density at radius 3 is 2.45 bits per heavy atom. The standard InChI is InChI=1S/C19H34O/c1-7-11-18(4,5)15-10-12-19(6)16(13(15)2)8-9-17(19)14(3)20/h13,15-17H,7-12H2,1-6H3/t13?,15?,16?,17-,19+/m1/s1. The zero-order valence-corrected chi connectivity index (χ0v) is 14.5. The van der Waals surface area contributed by atoms with Crippen LogP contribution in [0.2, 0.25) is 0 Å². The average Bonchev–Trinajstić information content (AvgIpc) is 2.67. The summed E-state index contributed by atoms with van der Waals surface area (Å²) in [5, 5.41) is 0. The van der Waals surface area contributed by atoms with Crippen molar-refractivity contribution in [3.05, 3.63) is 0 Å². The van der Waals surface area contributed by atoms with E-state index in [0.717, 1.165) is 24.2 Å². The molecule has 0 bridgehead atoms. The molecular formula is C19H34O. The van der Waals surface area contributed by atoms with Crippen LogP contribution < -0.4 is 0 Å². The van der Waals surface area contributed by atoms with Gasteiger partial charge in [-0.05, 0) is 67.6 Å². The third-order valence-electron chi connectivity index (χ3n) is 7.06. The maximum atomic E-state index is 12.0. The minimum absolute atomic E-state index is 0.296. The maximum absolute atomic E-state index is 12.0. The molecule has 5 atom stereocenters. The molecule has 2 saturated carbocycles. The quantitative estimate of drug-likeness (QED) is 0.665. The first-order valence-corrected chi connectivity index (χ1v) is 8.74. The number of fused-ring (bicyclic) bond motifs is 1. The van der Waals surface area contributed by atoms with Crippen LogP contribution in [-0.4, -0.2) is 5.78 Å². The van der Waals surface area contributed by atoms with Gasteiger partial charge in [0.2, 0.25) is 0 Å². The van der Waals surface area contributed by atoms with Crippen molar-refractivity contribution in [2.45, 2.75) is 80.1 Å². The fourth-order valence-corrected chi connectivity index (χ4v) is 6.10. The van der Waals surface area contributed by atoms with Crippen LogP contribution in [0.3, 0.4) is 0 Å². The highest BCUT2D eigenvalue weighted by molar-refractivity contribution is 5.79. The molecule has 2 rings (SSSR count). The van der Waals surface area contributed by atoms with Crippen LogP contribution in [0.4, 0.5) is 0 Å². The molecule has 0 heterocycles. The molecule has 0 aromatic rings. The van der Waals surface area contributed by atoms with E-state index in [9.17, 15) is 4.79 Å². The monoisotopic (exact) mass is 278 g/mol. The highest BCUT2D eigenvalue weighted by atomic mass is 16.1. The van der Waals surface area contributed by atoms with Crippen molar-refractivity contribution in [1.29, 1.82) is 0 Å². The Morgan fingerprint density at radius 2 is 1.90 bits per heavy atom. The predicted octanol–water partition coefficient (Wildman–Crippen LogP) is 5.48. The van der Waals surface area contributed by atoms with Gasteiger partial charge >= 0.3 is 0 Å². The first kappa shape index (κ1) is 16.0. The van der Waals surface area contributed by atoms with E-state index in [2.05, 4.69) is 34.6 Å². The molecule has 0 amide bonds. The summed E-state index contributed by atoms with van der Waals surface area (Å²) in [5.74, 6) is 3.16. The summed E-state index contributed by atoms with van der Waals surface area (Å²) >= 11 is 0. The summed E-state index contributed by atoms with van der Waals surface area (Å²) < 4.78 is 0. The highest BCUT2D eigenvalue weighted by Gasteiger charge is 2.55. The van der Waals surface area contributed by atoms with Crippen molar-refractivity contribution < 1.29 is 4.79 Å². The molecule has 0 radical (unpaired) electrons. The molecule has 0 N–H and O–H groups in total. The van der Waals surface area contributed by atoms with Gasteiger partial charge in [0.1, 0.15) is 5.78 Å². The summed E-state index contributed by atoms with van der Waals surface area (Å²) in [5.41, 5.74) is 0.758. The van der Waals surface area contributed by atoms with Gasteiger partial charge < -0.3 is 0 Å². The van der Waals surface area contributed by atoms with Crippen LogP contribution in [0.15, 0.2) is 0 Å². The van der Waals surface area contributed by atoms with Gasteiger partial charge in [-0.25, -0.2) is 0 Å². The second kappa shape index (κ2) is 5.46. The Hall–Kier alpha value is -0.330. The molecule has 116 valence electrons. The lowest BCUT2D eigenvalue weighted by atomic mass is 9.53. The molecule has 0 aromatic carbocycles. The van der Waals surface area contributed by atoms with Gasteiger partial charge in [0.25, 0.3) is 0 Å².